The predicted molar refractivity (Wildman–Crippen MR) is 58.3 cm³/mol. The van der Waals surface area contributed by atoms with Crippen LogP contribution in [0, 0.1) is 11.8 Å². The van der Waals surface area contributed by atoms with E-state index in [0.717, 1.165) is 18.4 Å². The van der Waals surface area contributed by atoms with Gasteiger partial charge in [0.05, 0.1) is 6.54 Å². The topological polar surface area (TPSA) is 15.3 Å². The molecule has 16 heavy (non-hydrogen) atoms. The van der Waals surface area contributed by atoms with Crippen molar-refractivity contribution in [1.82, 2.24) is 10.2 Å². The van der Waals surface area contributed by atoms with E-state index in [1.165, 1.54) is 6.42 Å². The van der Waals surface area contributed by atoms with Crippen molar-refractivity contribution >= 4 is 0 Å². The lowest BCUT2D eigenvalue weighted by Crippen LogP contribution is -2.41. The van der Waals surface area contributed by atoms with Gasteiger partial charge in [-0.2, -0.15) is 13.2 Å². The summed E-state index contributed by atoms with van der Waals surface area (Å²) in [5.41, 5.74) is 0. The first-order valence-electron chi connectivity index (χ1n) is 5.77. The molecule has 3 unspecified atom stereocenters. The van der Waals surface area contributed by atoms with E-state index in [1.54, 1.807) is 0 Å². The molecule has 0 aromatic heterocycles. The van der Waals surface area contributed by atoms with Crippen LogP contribution in [0.2, 0.25) is 0 Å². The second-order valence-corrected chi connectivity index (χ2v) is 5.01. The molecule has 0 radical (unpaired) electrons. The summed E-state index contributed by atoms with van der Waals surface area (Å²) < 4.78 is 35.7. The van der Waals surface area contributed by atoms with Gasteiger partial charge in [0, 0.05) is 19.1 Å². The summed E-state index contributed by atoms with van der Waals surface area (Å²) in [6.45, 7) is 4.65. The largest absolute Gasteiger partial charge is 0.401 e. The van der Waals surface area contributed by atoms with E-state index in [2.05, 4.69) is 17.1 Å². The molecule has 0 aromatic rings. The molecule has 0 bridgehead atoms. The summed E-state index contributed by atoms with van der Waals surface area (Å²) >= 11 is 0. The zero-order valence-corrected chi connectivity index (χ0v) is 10.1. The minimum atomic E-state index is -4.11. The first-order valence-corrected chi connectivity index (χ1v) is 5.77. The predicted octanol–water partition coefficient (Wildman–Crippen LogP) is 2.11. The van der Waals surface area contributed by atoms with Crippen molar-refractivity contribution in [2.75, 3.05) is 26.7 Å². The molecule has 1 fully saturated rings. The fraction of sp³-hybridized carbons (Fsp3) is 1.00. The van der Waals surface area contributed by atoms with Crippen molar-refractivity contribution in [2.24, 2.45) is 11.8 Å². The molecule has 0 amide bonds. The van der Waals surface area contributed by atoms with Crippen molar-refractivity contribution < 1.29 is 13.2 Å². The normalized spacial score (nSPS) is 27.2. The summed E-state index contributed by atoms with van der Waals surface area (Å²) in [5, 5.41) is 2.44. The number of nitrogens with zero attached hydrogens (tertiary/aromatic N) is 1. The second kappa shape index (κ2) is 5.36. The van der Waals surface area contributed by atoms with Crippen LogP contribution in [-0.2, 0) is 0 Å². The number of alkyl halides is 3. The fourth-order valence-corrected chi connectivity index (χ4v) is 1.78. The van der Waals surface area contributed by atoms with Crippen molar-refractivity contribution in [3.05, 3.63) is 0 Å². The monoisotopic (exact) mass is 238 g/mol. The minimum Gasteiger partial charge on any atom is -0.307 e. The molecule has 0 aromatic carbocycles. The molecule has 1 rings (SSSR count). The molecule has 0 aliphatic heterocycles. The number of rotatable bonds is 6. The number of hydrogen-bond acceptors (Lipinski definition) is 2. The summed E-state index contributed by atoms with van der Waals surface area (Å²) in [4.78, 5) is 2.14. The van der Waals surface area contributed by atoms with Gasteiger partial charge < -0.3 is 10.2 Å². The van der Waals surface area contributed by atoms with Crippen LogP contribution in [0.15, 0.2) is 0 Å². The first-order chi connectivity index (χ1) is 7.29. The summed E-state index contributed by atoms with van der Waals surface area (Å²) in [7, 11) is 1.98. The number of halogens is 3. The van der Waals surface area contributed by atoms with Gasteiger partial charge in [-0.3, -0.25) is 0 Å². The maximum atomic E-state index is 11.9. The van der Waals surface area contributed by atoms with E-state index in [9.17, 15) is 13.2 Å². The Bertz CT molecular complexity index is 218. The Labute approximate surface area is 95.2 Å². The van der Waals surface area contributed by atoms with Gasteiger partial charge >= 0.3 is 6.18 Å². The van der Waals surface area contributed by atoms with Crippen LogP contribution < -0.4 is 5.32 Å². The van der Waals surface area contributed by atoms with Crippen LogP contribution in [0.5, 0.6) is 0 Å². The maximum absolute atomic E-state index is 11.9. The highest BCUT2D eigenvalue weighted by molar-refractivity contribution is 4.85. The lowest BCUT2D eigenvalue weighted by Gasteiger charge is -2.25. The van der Waals surface area contributed by atoms with Gasteiger partial charge in [0.2, 0.25) is 0 Å². The Kier molecular flexibility index (Phi) is 4.62. The average Bonchev–Trinajstić information content (AvgIpc) is 2.79. The van der Waals surface area contributed by atoms with Gasteiger partial charge in [-0.15, -0.1) is 0 Å². The SMILES string of the molecule is CC1CC1CN(C)C(C)CNCC(F)(F)F. The lowest BCUT2D eigenvalue weighted by molar-refractivity contribution is -0.125. The molecule has 0 spiro atoms. The molecule has 5 heteroatoms. The highest BCUT2D eigenvalue weighted by atomic mass is 19.4. The van der Waals surface area contributed by atoms with Crippen LogP contribution in [0.4, 0.5) is 13.2 Å². The molecular formula is C11H21F3N2. The Morgan fingerprint density at radius 2 is 2.00 bits per heavy atom. The highest BCUT2D eigenvalue weighted by Crippen LogP contribution is 2.38. The lowest BCUT2D eigenvalue weighted by atomic mass is 10.2. The third kappa shape index (κ3) is 5.16. The van der Waals surface area contributed by atoms with Gasteiger partial charge in [-0.1, -0.05) is 6.92 Å². The number of hydrogen-bond donors (Lipinski definition) is 1. The van der Waals surface area contributed by atoms with Crippen LogP contribution in [0.1, 0.15) is 20.3 Å². The molecule has 1 N–H and O–H groups in total. The standard InChI is InChI=1S/C11H21F3N2/c1-8-4-10(8)6-16(3)9(2)5-15-7-11(12,13)14/h8-10,15H,4-7H2,1-3H3. The van der Waals surface area contributed by atoms with Crippen LogP contribution in [-0.4, -0.2) is 43.8 Å². The van der Waals surface area contributed by atoms with E-state index in [1.807, 2.05) is 14.0 Å². The van der Waals surface area contributed by atoms with E-state index >= 15 is 0 Å². The van der Waals surface area contributed by atoms with Crippen molar-refractivity contribution in [1.29, 1.82) is 0 Å². The summed E-state index contributed by atoms with van der Waals surface area (Å²) in [6, 6.07) is 0.148. The van der Waals surface area contributed by atoms with Gasteiger partial charge in [0.25, 0.3) is 0 Å². The third-order valence-corrected chi connectivity index (χ3v) is 3.32. The highest BCUT2D eigenvalue weighted by Gasteiger charge is 2.34. The Balaban J connectivity index is 2.11. The fourth-order valence-electron chi connectivity index (χ4n) is 1.78. The zero-order chi connectivity index (χ0) is 12.3. The zero-order valence-electron chi connectivity index (χ0n) is 10.1. The van der Waals surface area contributed by atoms with Gasteiger partial charge in [0.15, 0.2) is 0 Å². The van der Waals surface area contributed by atoms with Crippen LogP contribution in [0.25, 0.3) is 0 Å². The van der Waals surface area contributed by atoms with Gasteiger partial charge in [0.1, 0.15) is 0 Å². The Morgan fingerprint density at radius 3 is 2.44 bits per heavy atom. The number of likely N-dealkylation sites (N-methyl/N-ethyl adjacent to an activating group) is 1. The smallest absolute Gasteiger partial charge is 0.307 e. The molecule has 1 saturated carbocycles. The summed E-state index contributed by atoms with van der Waals surface area (Å²) in [6.07, 6.45) is -2.85. The molecule has 96 valence electrons. The molecule has 1 aliphatic carbocycles. The van der Waals surface area contributed by atoms with E-state index in [4.69, 9.17) is 0 Å². The van der Waals surface area contributed by atoms with Crippen LogP contribution >= 0.6 is 0 Å². The third-order valence-electron chi connectivity index (χ3n) is 3.32. The van der Waals surface area contributed by atoms with Gasteiger partial charge in [-0.25, -0.2) is 0 Å². The number of nitrogens with one attached hydrogen (secondary N) is 1. The molecule has 0 heterocycles. The van der Waals surface area contributed by atoms with Crippen molar-refractivity contribution in [3.63, 3.8) is 0 Å². The molecule has 2 nitrogen and oxygen atoms in total. The van der Waals surface area contributed by atoms with E-state index in [-0.39, 0.29) is 6.04 Å². The molecule has 1 aliphatic rings. The minimum absolute atomic E-state index is 0.148. The van der Waals surface area contributed by atoms with Crippen LogP contribution in [0.3, 0.4) is 0 Å². The van der Waals surface area contributed by atoms with Crippen molar-refractivity contribution in [3.8, 4) is 0 Å². The quantitative estimate of drug-likeness (QED) is 0.762. The molecule has 3 atom stereocenters. The van der Waals surface area contributed by atoms with Crippen molar-refractivity contribution in [2.45, 2.75) is 32.5 Å². The Hall–Kier alpha value is -0.290. The van der Waals surface area contributed by atoms with E-state index in [0.29, 0.717) is 6.54 Å². The molecule has 0 saturated heterocycles. The Morgan fingerprint density at radius 1 is 1.44 bits per heavy atom. The average molecular weight is 238 g/mol. The van der Waals surface area contributed by atoms with E-state index < -0.39 is 12.7 Å². The summed E-state index contributed by atoms with van der Waals surface area (Å²) in [5.74, 6) is 1.54. The molecular weight excluding hydrogens is 217 g/mol. The van der Waals surface area contributed by atoms with Gasteiger partial charge in [-0.05, 0) is 32.2 Å². The maximum Gasteiger partial charge on any atom is 0.401 e. The first kappa shape index (κ1) is 13.8. The second-order valence-electron chi connectivity index (χ2n) is 5.01.